The Morgan fingerprint density at radius 1 is 1.37 bits per heavy atom. The van der Waals surface area contributed by atoms with Crippen LogP contribution >= 0.6 is 15.9 Å². The first-order chi connectivity index (χ1) is 8.97. The highest BCUT2D eigenvalue weighted by atomic mass is 79.9. The summed E-state index contributed by atoms with van der Waals surface area (Å²) < 4.78 is 5.47. The van der Waals surface area contributed by atoms with Crippen LogP contribution in [0, 0.1) is 6.92 Å². The maximum Gasteiger partial charge on any atom is 0.331 e. The van der Waals surface area contributed by atoms with Gasteiger partial charge in [-0.3, -0.25) is 0 Å². The molecule has 6 heteroatoms. The van der Waals surface area contributed by atoms with Crippen LogP contribution in [0.2, 0.25) is 0 Å². The molecule has 1 fully saturated rings. The summed E-state index contributed by atoms with van der Waals surface area (Å²) in [4.78, 5) is 23.4. The monoisotopic (exact) mass is 326 g/mol. The molecule has 0 radical (unpaired) electrons. The molecule has 2 amide bonds. The van der Waals surface area contributed by atoms with E-state index in [2.05, 4.69) is 31.3 Å². The third-order valence-electron chi connectivity index (χ3n) is 3.05. The van der Waals surface area contributed by atoms with Crippen molar-refractivity contribution in [2.75, 3.05) is 12.4 Å². The number of aryl methyl sites for hydroxylation is 1. The van der Waals surface area contributed by atoms with Crippen molar-refractivity contribution in [2.24, 2.45) is 0 Å². The van der Waals surface area contributed by atoms with Gasteiger partial charge in [-0.05, 0) is 53.4 Å². The fraction of sp³-hybridized carbons (Fsp3) is 0.385. The molecule has 0 aromatic heterocycles. The van der Waals surface area contributed by atoms with Crippen molar-refractivity contribution in [3.8, 4) is 0 Å². The quantitative estimate of drug-likeness (QED) is 0.839. The Labute approximate surface area is 119 Å². The molecular formula is C13H15BrN2O3. The van der Waals surface area contributed by atoms with Gasteiger partial charge < -0.3 is 15.4 Å². The molecule has 0 unspecified atom stereocenters. The molecule has 0 aliphatic heterocycles. The van der Waals surface area contributed by atoms with Crippen molar-refractivity contribution in [1.82, 2.24) is 5.32 Å². The van der Waals surface area contributed by atoms with Crippen molar-refractivity contribution in [3.63, 3.8) is 0 Å². The second kappa shape index (κ2) is 5.21. The fourth-order valence-electron chi connectivity index (χ4n) is 1.79. The standard InChI is InChI=1S/C13H15BrN2O3/c1-8-3-4-10(9(14)7-8)15-12(18)16-13(5-6-13)11(17)19-2/h3-4,7H,5-6H2,1-2H3,(H2,15,16,18). The van der Waals surface area contributed by atoms with Crippen LogP contribution in [0.25, 0.3) is 0 Å². The van der Waals surface area contributed by atoms with Gasteiger partial charge in [-0.15, -0.1) is 0 Å². The number of carbonyl (C=O) groups excluding carboxylic acids is 2. The number of nitrogens with one attached hydrogen (secondary N) is 2. The molecule has 0 atom stereocenters. The largest absolute Gasteiger partial charge is 0.467 e. The number of ether oxygens (including phenoxy) is 1. The maximum atomic E-state index is 11.9. The molecule has 2 N–H and O–H groups in total. The summed E-state index contributed by atoms with van der Waals surface area (Å²) in [6, 6.07) is 5.19. The number of anilines is 1. The molecule has 5 nitrogen and oxygen atoms in total. The van der Waals surface area contributed by atoms with Gasteiger partial charge in [-0.25, -0.2) is 9.59 Å². The summed E-state index contributed by atoms with van der Waals surface area (Å²) in [5.74, 6) is -0.398. The van der Waals surface area contributed by atoms with Crippen LogP contribution in [0.3, 0.4) is 0 Å². The van der Waals surface area contributed by atoms with Crippen LogP contribution in [0.4, 0.5) is 10.5 Å². The van der Waals surface area contributed by atoms with Crippen molar-refractivity contribution < 1.29 is 14.3 Å². The first-order valence-electron chi connectivity index (χ1n) is 5.90. The van der Waals surface area contributed by atoms with E-state index in [4.69, 9.17) is 0 Å². The van der Waals surface area contributed by atoms with Gasteiger partial charge in [0.05, 0.1) is 12.8 Å². The molecule has 0 saturated heterocycles. The lowest BCUT2D eigenvalue weighted by Gasteiger charge is -2.16. The van der Waals surface area contributed by atoms with Gasteiger partial charge in [0.1, 0.15) is 5.54 Å². The van der Waals surface area contributed by atoms with E-state index in [0.717, 1.165) is 10.0 Å². The second-order valence-corrected chi connectivity index (χ2v) is 5.49. The van der Waals surface area contributed by atoms with Gasteiger partial charge in [0.2, 0.25) is 0 Å². The van der Waals surface area contributed by atoms with Gasteiger partial charge in [-0.1, -0.05) is 6.07 Å². The predicted molar refractivity (Wildman–Crippen MR) is 75.0 cm³/mol. The molecule has 1 saturated carbocycles. The van der Waals surface area contributed by atoms with Crippen LogP contribution in [0.5, 0.6) is 0 Å². The van der Waals surface area contributed by atoms with Crippen molar-refractivity contribution >= 4 is 33.6 Å². The number of halogens is 1. The van der Waals surface area contributed by atoms with Gasteiger partial charge in [0, 0.05) is 4.47 Å². The molecule has 19 heavy (non-hydrogen) atoms. The Bertz CT molecular complexity index is 527. The van der Waals surface area contributed by atoms with Crippen LogP contribution in [0.15, 0.2) is 22.7 Å². The number of methoxy groups -OCH3 is 1. The van der Waals surface area contributed by atoms with Crippen LogP contribution in [0.1, 0.15) is 18.4 Å². The summed E-state index contributed by atoms with van der Waals surface area (Å²) in [5.41, 5.74) is 0.908. The van der Waals surface area contributed by atoms with E-state index < -0.39 is 17.5 Å². The Balaban J connectivity index is 2.00. The minimum atomic E-state index is -0.837. The number of urea groups is 1. The smallest absolute Gasteiger partial charge is 0.331 e. The summed E-state index contributed by atoms with van der Waals surface area (Å²) in [6.45, 7) is 1.96. The molecule has 2 rings (SSSR count). The molecule has 0 heterocycles. The van der Waals surface area contributed by atoms with Gasteiger partial charge in [-0.2, -0.15) is 0 Å². The van der Waals surface area contributed by atoms with Crippen LogP contribution < -0.4 is 10.6 Å². The molecule has 0 bridgehead atoms. The van der Waals surface area contributed by atoms with Crippen molar-refractivity contribution in [1.29, 1.82) is 0 Å². The Morgan fingerprint density at radius 2 is 2.05 bits per heavy atom. The van der Waals surface area contributed by atoms with E-state index in [1.165, 1.54) is 7.11 Å². The van der Waals surface area contributed by atoms with E-state index in [-0.39, 0.29) is 0 Å². The van der Waals surface area contributed by atoms with Crippen molar-refractivity contribution in [3.05, 3.63) is 28.2 Å². The Hall–Kier alpha value is -1.56. The number of benzene rings is 1. The Morgan fingerprint density at radius 3 is 2.58 bits per heavy atom. The fourth-order valence-corrected chi connectivity index (χ4v) is 2.39. The van der Waals surface area contributed by atoms with E-state index in [1.54, 1.807) is 6.07 Å². The zero-order chi connectivity index (χ0) is 14.0. The van der Waals surface area contributed by atoms with E-state index >= 15 is 0 Å². The molecule has 102 valence electrons. The van der Waals surface area contributed by atoms with E-state index in [0.29, 0.717) is 18.5 Å². The van der Waals surface area contributed by atoms with Crippen LogP contribution in [-0.2, 0) is 9.53 Å². The molecule has 1 aliphatic carbocycles. The summed E-state index contributed by atoms with van der Waals surface area (Å²) in [6.07, 6.45) is 1.23. The summed E-state index contributed by atoms with van der Waals surface area (Å²) in [5, 5.41) is 5.37. The van der Waals surface area contributed by atoms with Crippen LogP contribution in [-0.4, -0.2) is 24.6 Å². The number of carbonyl (C=O) groups is 2. The summed E-state index contributed by atoms with van der Waals surface area (Å²) in [7, 11) is 1.32. The number of hydrogen-bond donors (Lipinski definition) is 2. The van der Waals surface area contributed by atoms with Crippen molar-refractivity contribution in [2.45, 2.75) is 25.3 Å². The highest BCUT2D eigenvalue weighted by molar-refractivity contribution is 9.10. The zero-order valence-corrected chi connectivity index (χ0v) is 12.3. The third-order valence-corrected chi connectivity index (χ3v) is 3.71. The highest BCUT2D eigenvalue weighted by Gasteiger charge is 2.52. The normalized spacial score (nSPS) is 15.5. The average Bonchev–Trinajstić information content (AvgIpc) is 3.12. The first-order valence-corrected chi connectivity index (χ1v) is 6.70. The van der Waals surface area contributed by atoms with E-state index in [1.807, 2.05) is 19.1 Å². The van der Waals surface area contributed by atoms with Gasteiger partial charge in [0.15, 0.2) is 0 Å². The predicted octanol–water partition coefficient (Wildman–Crippen LogP) is 2.58. The third kappa shape index (κ3) is 3.07. The maximum absolute atomic E-state index is 11.9. The molecule has 0 spiro atoms. The number of amides is 2. The zero-order valence-electron chi connectivity index (χ0n) is 10.7. The lowest BCUT2D eigenvalue weighted by atomic mass is 10.2. The molecule has 1 aromatic carbocycles. The highest BCUT2D eigenvalue weighted by Crippen LogP contribution is 2.36. The molecule has 1 aromatic rings. The lowest BCUT2D eigenvalue weighted by molar-refractivity contribution is -0.144. The number of hydrogen-bond acceptors (Lipinski definition) is 3. The minimum absolute atomic E-state index is 0.398. The number of rotatable bonds is 3. The topological polar surface area (TPSA) is 67.4 Å². The second-order valence-electron chi connectivity index (χ2n) is 4.64. The Kier molecular flexibility index (Phi) is 3.80. The van der Waals surface area contributed by atoms with Gasteiger partial charge in [0.25, 0.3) is 0 Å². The van der Waals surface area contributed by atoms with E-state index in [9.17, 15) is 9.59 Å². The average molecular weight is 327 g/mol. The molecular weight excluding hydrogens is 312 g/mol. The molecule has 1 aliphatic rings. The van der Waals surface area contributed by atoms with Gasteiger partial charge >= 0.3 is 12.0 Å². The first kappa shape index (κ1) is 13.9. The lowest BCUT2D eigenvalue weighted by Crippen LogP contribution is -2.45. The summed E-state index contributed by atoms with van der Waals surface area (Å²) >= 11 is 3.38. The minimum Gasteiger partial charge on any atom is -0.467 e. The SMILES string of the molecule is COC(=O)C1(NC(=O)Nc2ccc(C)cc2Br)CC1. The number of esters is 1.